The number of rotatable bonds is 9. The molecule has 0 atom stereocenters. The predicted molar refractivity (Wildman–Crippen MR) is 148 cm³/mol. The number of aryl methyl sites for hydroxylation is 1. The van der Waals surface area contributed by atoms with Crippen LogP contribution in [0.25, 0.3) is 0 Å². The van der Waals surface area contributed by atoms with Crippen molar-refractivity contribution in [1.82, 2.24) is 0 Å². The van der Waals surface area contributed by atoms with Crippen molar-refractivity contribution in [2.45, 2.75) is 59.7 Å². The topological polar surface area (TPSA) is 124 Å². The Bertz CT molecular complexity index is 1390. The molecule has 0 heterocycles. The van der Waals surface area contributed by atoms with E-state index in [1.165, 1.54) is 60.7 Å². The van der Waals surface area contributed by atoms with Crippen LogP contribution in [-0.4, -0.2) is 36.0 Å². The van der Waals surface area contributed by atoms with Gasteiger partial charge in [0.1, 0.15) is 28.6 Å². The number of esters is 2. The average molecular weight is 565 g/mol. The Morgan fingerprint density at radius 2 is 1.17 bits per heavy atom. The SMILES string of the molecule is CCC(C)(C)OC(=O)Oc1ccc(C(=O)Oc2ccc(OC(=O)c3ccc(OC(=O)OC(C)C)cc3)cc2C)cc1. The first-order valence-electron chi connectivity index (χ1n) is 12.9. The fourth-order valence-electron chi connectivity index (χ4n) is 3.17. The van der Waals surface area contributed by atoms with Crippen LogP contribution in [0.2, 0.25) is 0 Å². The van der Waals surface area contributed by atoms with Gasteiger partial charge in [-0.2, -0.15) is 0 Å². The van der Waals surface area contributed by atoms with E-state index in [1.807, 2.05) is 6.92 Å². The number of hydrogen-bond acceptors (Lipinski definition) is 10. The molecule has 0 aliphatic heterocycles. The number of hydrogen-bond donors (Lipinski definition) is 0. The van der Waals surface area contributed by atoms with Crippen molar-refractivity contribution in [2.24, 2.45) is 0 Å². The molecule has 0 saturated carbocycles. The molecule has 0 saturated heterocycles. The molecule has 3 aromatic carbocycles. The fourth-order valence-corrected chi connectivity index (χ4v) is 3.17. The summed E-state index contributed by atoms with van der Waals surface area (Å²) < 4.78 is 31.2. The molecular weight excluding hydrogens is 532 g/mol. The Balaban J connectivity index is 1.56. The molecule has 0 bridgehead atoms. The molecule has 0 fully saturated rings. The summed E-state index contributed by atoms with van der Waals surface area (Å²) in [6, 6.07) is 16.2. The van der Waals surface area contributed by atoms with Gasteiger partial charge in [-0.25, -0.2) is 19.2 Å². The van der Waals surface area contributed by atoms with Crippen molar-refractivity contribution >= 4 is 24.2 Å². The predicted octanol–water partition coefficient (Wildman–Crippen LogP) is 7.06. The lowest BCUT2D eigenvalue weighted by Crippen LogP contribution is -2.28. The summed E-state index contributed by atoms with van der Waals surface area (Å²) in [6.07, 6.45) is -1.37. The highest BCUT2D eigenvalue weighted by molar-refractivity contribution is 5.92. The van der Waals surface area contributed by atoms with Crippen LogP contribution in [0.15, 0.2) is 66.7 Å². The van der Waals surface area contributed by atoms with Gasteiger partial charge in [-0.15, -0.1) is 0 Å². The van der Waals surface area contributed by atoms with E-state index in [2.05, 4.69) is 0 Å². The smallest absolute Gasteiger partial charge is 0.431 e. The molecule has 3 aromatic rings. The quantitative estimate of drug-likeness (QED) is 0.151. The summed E-state index contributed by atoms with van der Waals surface area (Å²) in [5, 5.41) is 0. The van der Waals surface area contributed by atoms with E-state index in [4.69, 9.17) is 28.4 Å². The standard InChI is InChI=1S/C31H32O10/c1-7-31(5,6)41-30(35)39-24-14-10-22(11-15-24)28(33)40-26-17-16-25(18-20(26)4)37-27(32)21-8-12-23(13-9-21)38-29(34)36-19(2)3/h8-19H,7H2,1-6H3. The molecular formula is C31H32O10. The Labute approximate surface area is 238 Å². The van der Waals surface area contributed by atoms with E-state index in [0.29, 0.717) is 12.0 Å². The average Bonchev–Trinajstić information content (AvgIpc) is 2.90. The minimum Gasteiger partial charge on any atom is -0.431 e. The summed E-state index contributed by atoms with van der Waals surface area (Å²) in [6.45, 7) is 10.5. The van der Waals surface area contributed by atoms with E-state index >= 15 is 0 Å². The van der Waals surface area contributed by atoms with Crippen LogP contribution in [0.3, 0.4) is 0 Å². The Hall–Kier alpha value is -4.86. The van der Waals surface area contributed by atoms with Crippen molar-refractivity contribution in [3.05, 3.63) is 83.4 Å². The maximum Gasteiger partial charge on any atom is 0.514 e. The largest absolute Gasteiger partial charge is 0.514 e. The number of carbonyl (C=O) groups is 4. The third-order valence-corrected chi connectivity index (χ3v) is 5.69. The second kappa shape index (κ2) is 13.5. The maximum atomic E-state index is 12.6. The highest BCUT2D eigenvalue weighted by Crippen LogP contribution is 2.26. The minimum atomic E-state index is -0.841. The van der Waals surface area contributed by atoms with Crippen molar-refractivity contribution < 1.29 is 47.6 Å². The zero-order valence-electron chi connectivity index (χ0n) is 23.7. The Morgan fingerprint density at radius 1 is 0.683 bits per heavy atom. The second-order valence-corrected chi connectivity index (χ2v) is 9.84. The fraction of sp³-hybridized carbons (Fsp3) is 0.290. The summed E-state index contributed by atoms with van der Waals surface area (Å²) in [5.41, 5.74) is 0.369. The number of ether oxygens (including phenoxy) is 6. The van der Waals surface area contributed by atoms with Gasteiger partial charge >= 0.3 is 24.2 Å². The molecule has 0 radical (unpaired) electrons. The highest BCUT2D eigenvalue weighted by atomic mass is 16.7. The van der Waals surface area contributed by atoms with Gasteiger partial charge < -0.3 is 28.4 Å². The van der Waals surface area contributed by atoms with Gasteiger partial charge in [-0.3, -0.25) is 0 Å². The van der Waals surface area contributed by atoms with Gasteiger partial charge in [0.15, 0.2) is 0 Å². The third kappa shape index (κ3) is 9.38. The van der Waals surface area contributed by atoms with Crippen LogP contribution in [0, 0.1) is 6.92 Å². The second-order valence-electron chi connectivity index (χ2n) is 9.84. The van der Waals surface area contributed by atoms with Crippen molar-refractivity contribution in [2.75, 3.05) is 0 Å². The van der Waals surface area contributed by atoms with E-state index < -0.39 is 29.9 Å². The molecule has 0 spiro atoms. The van der Waals surface area contributed by atoms with E-state index in [1.54, 1.807) is 40.7 Å². The first-order chi connectivity index (χ1) is 19.3. The summed E-state index contributed by atoms with van der Waals surface area (Å²) in [4.78, 5) is 48.7. The number of carbonyl (C=O) groups excluding carboxylic acids is 4. The number of benzene rings is 3. The molecule has 0 aliphatic carbocycles. The monoisotopic (exact) mass is 564 g/mol. The van der Waals surface area contributed by atoms with Crippen LogP contribution in [0.4, 0.5) is 9.59 Å². The molecule has 0 aliphatic rings. The van der Waals surface area contributed by atoms with Crippen molar-refractivity contribution in [3.8, 4) is 23.0 Å². The first-order valence-corrected chi connectivity index (χ1v) is 12.9. The molecule has 0 aromatic heterocycles. The van der Waals surface area contributed by atoms with E-state index in [9.17, 15) is 19.2 Å². The summed E-state index contributed by atoms with van der Waals surface area (Å²) in [5.74, 6) is -0.303. The van der Waals surface area contributed by atoms with Crippen LogP contribution < -0.4 is 18.9 Å². The van der Waals surface area contributed by atoms with Crippen molar-refractivity contribution in [1.29, 1.82) is 0 Å². The van der Waals surface area contributed by atoms with Crippen LogP contribution in [0.1, 0.15) is 67.3 Å². The van der Waals surface area contributed by atoms with Crippen LogP contribution in [0.5, 0.6) is 23.0 Å². The van der Waals surface area contributed by atoms with Gasteiger partial charge in [0.05, 0.1) is 17.2 Å². The lowest BCUT2D eigenvalue weighted by Gasteiger charge is -2.22. The van der Waals surface area contributed by atoms with Crippen LogP contribution in [-0.2, 0) is 9.47 Å². The third-order valence-electron chi connectivity index (χ3n) is 5.69. The van der Waals surface area contributed by atoms with E-state index in [0.717, 1.165) is 0 Å². The summed E-state index contributed by atoms with van der Waals surface area (Å²) >= 11 is 0. The lowest BCUT2D eigenvalue weighted by atomic mass is 10.1. The molecule has 3 rings (SSSR count). The molecule has 0 unspecified atom stereocenters. The minimum absolute atomic E-state index is 0.218. The zero-order valence-corrected chi connectivity index (χ0v) is 23.7. The molecule has 216 valence electrons. The normalized spacial score (nSPS) is 10.9. The first kappa shape index (κ1) is 30.7. The maximum absolute atomic E-state index is 12.6. The van der Waals surface area contributed by atoms with Gasteiger partial charge in [0.2, 0.25) is 0 Å². The molecule has 41 heavy (non-hydrogen) atoms. The summed E-state index contributed by atoms with van der Waals surface area (Å²) in [7, 11) is 0. The zero-order chi connectivity index (χ0) is 30.2. The Morgan fingerprint density at radius 3 is 1.66 bits per heavy atom. The highest BCUT2D eigenvalue weighted by Gasteiger charge is 2.22. The van der Waals surface area contributed by atoms with Gasteiger partial charge in [-0.1, -0.05) is 6.92 Å². The molecule has 0 N–H and O–H groups in total. The molecule has 10 nitrogen and oxygen atoms in total. The van der Waals surface area contributed by atoms with E-state index in [-0.39, 0.29) is 40.2 Å². The van der Waals surface area contributed by atoms with Gasteiger partial charge in [-0.05, 0) is 113 Å². The lowest BCUT2D eigenvalue weighted by molar-refractivity contribution is 0.00702. The van der Waals surface area contributed by atoms with Crippen LogP contribution >= 0.6 is 0 Å². The van der Waals surface area contributed by atoms with Gasteiger partial charge in [0, 0.05) is 0 Å². The molecule has 0 amide bonds. The van der Waals surface area contributed by atoms with Crippen molar-refractivity contribution in [3.63, 3.8) is 0 Å². The molecule has 10 heteroatoms. The Kier molecular flexibility index (Phi) is 10.1. The van der Waals surface area contributed by atoms with Gasteiger partial charge in [0.25, 0.3) is 0 Å².